The Balaban J connectivity index is 1.97. The average Bonchev–Trinajstić information content (AvgIpc) is 2.77. The number of amides is 1. The van der Waals surface area contributed by atoms with Crippen molar-refractivity contribution >= 4 is 21.8 Å². The molecule has 0 saturated heterocycles. The molecule has 17 heavy (non-hydrogen) atoms. The van der Waals surface area contributed by atoms with Crippen LogP contribution in [0.1, 0.15) is 41.9 Å². The van der Waals surface area contributed by atoms with E-state index in [2.05, 4.69) is 26.4 Å². The van der Waals surface area contributed by atoms with Crippen LogP contribution in [0, 0.1) is 12.8 Å². The number of carbonyl (C=O) groups excluding carboxylic acids is 1. The number of carbonyl (C=O) groups is 1. The minimum Gasteiger partial charge on any atom is -0.361 e. The molecule has 2 rings (SSSR count). The first-order chi connectivity index (χ1) is 8.20. The van der Waals surface area contributed by atoms with E-state index in [0.717, 1.165) is 11.8 Å². The molecule has 0 bridgehead atoms. The lowest BCUT2D eigenvalue weighted by Crippen LogP contribution is -2.42. The molecule has 0 aliphatic heterocycles. The lowest BCUT2D eigenvalue weighted by atomic mass is 9.86. The Hall–Kier alpha value is -0.840. The highest BCUT2D eigenvalue weighted by molar-refractivity contribution is 9.09. The summed E-state index contributed by atoms with van der Waals surface area (Å²) in [5.41, 5.74) is 0.376. The Kier molecular flexibility index (Phi) is 4.20. The van der Waals surface area contributed by atoms with Gasteiger partial charge in [0.1, 0.15) is 5.76 Å². The maximum absolute atomic E-state index is 11.9. The first-order valence-corrected chi connectivity index (χ1v) is 7.13. The zero-order valence-corrected chi connectivity index (χ0v) is 11.5. The first kappa shape index (κ1) is 12.6. The molecule has 1 heterocycles. The van der Waals surface area contributed by atoms with Crippen LogP contribution in [0.4, 0.5) is 0 Å². The van der Waals surface area contributed by atoms with Crippen molar-refractivity contribution in [3.05, 3.63) is 17.5 Å². The number of halogens is 1. The monoisotopic (exact) mass is 300 g/mol. The van der Waals surface area contributed by atoms with E-state index in [1.165, 1.54) is 19.3 Å². The van der Waals surface area contributed by atoms with Crippen molar-refractivity contribution in [2.75, 3.05) is 5.33 Å². The van der Waals surface area contributed by atoms with Crippen molar-refractivity contribution in [3.63, 3.8) is 0 Å². The number of nitrogens with one attached hydrogen (secondary N) is 1. The molecule has 5 heteroatoms. The number of aryl methyl sites for hydroxylation is 1. The van der Waals surface area contributed by atoms with Gasteiger partial charge in [-0.2, -0.15) is 0 Å². The summed E-state index contributed by atoms with van der Waals surface area (Å²) in [6.07, 6.45) is 4.67. The molecule has 0 radical (unpaired) electrons. The van der Waals surface area contributed by atoms with Crippen molar-refractivity contribution < 1.29 is 9.32 Å². The molecule has 2 unspecified atom stereocenters. The van der Waals surface area contributed by atoms with Crippen LogP contribution in [0.15, 0.2) is 10.6 Å². The molecule has 0 aromatic carbocycles. The smallest absolute Gasteiger partial charge is 0.273 e. The van der Waals surface area contributed by atoms with Gasteiger partial charge in [0.05, 0.1) is 0 Å². The lowest BCUT2D eigenvalue weighted by Gasteiger charge is -2.30. The summed E-state index contributed by atoms with van der Waals surface area (Å²) >= 11 is 3.52. The Morgan fingerprint density at radius 3 is 3.00 bits per heavy atom. The number of alkyl halides is 1. The molecule has 1 saturated carbocycles. The van der Waals surface area contributed by atoms with Gasteiger partial charge in [0.25, 0.3) is 5.91 Å². The van der Waals surface area contributed by atoms with Gasteiger partial charge in [-0.15, -0.1) is 0 Å². The summed E-state index contributed by atoms with van der Waals surface area (Å²) in [5, 5.41) is 7.73. The first-order valence-electron chi connectivity index (χ1n) is 6.01. The molecular weight excluding hydrogens is 284 g/mol. The number of aromatic nitrogens is 1. The molecule has 1 aromatic heterocycles. The fraction of sp³-hybridized carbons (Fsp3) is 0.667. The molecule has 4 nitrogen and oxygen atoms in total. The summed E-state index contributed by atoms with van der Waals surface area (Å²) in [4.78, 5) is 11.9. The maximum atomic E-state index is 11.9. The van der Waals surface area contributed by atoms with Crippen LogP contribution in [-0.4, -0.2) is 22.4 Å². The van der Waals surface area contributed by atoms with Crippen LogP contribution in [0.25, 0.3) is 0 Å². The zero-order chi connectivity index (χ0) is 12.3. The summed E-state index contributed by atoms with van der Waals surface area (Å²) in [5.74, 6) is 1.07. The van der Waals surface area contributed by atoms with E-state index in [9.17, 15) is 4.79 Å². The summed E-state index contributed by atoms with van der Waals surface area (Å²) < 4.78 is 4.91. The van der Waals surface area contributed by atoms with Crippen LogP contribution >= 0.6 is 15.9 Å². The minimum atomic E-state index is -0.125. The lowest BCUT2D eigenvalue weighted by molar-refractivity contribution is 0.0902. The summed E-state index contributed by atoms with van der Waals surface area (Å²) in [6, 6.07) is 1.93. The number of hydrogen-bond donors (Lipinski definition) is 1. The van der Waals surface area contributed by atoms with E-state index in [1.54, 1.807) is 13.0 Å². The van der Waals surface area contributed by atoms with E-state index in [-0.39, 0.29) is 11.9 Å². The molecule has 2 atom stereocenters. The van der Waals surface area contributed by atoms with Gasteiger partial charge >= 0.3 is 0 Å². The maximum Gasteiger partial charge on any atom is 0.273 e. The summed E-state index contributed by atoms with van der Waals surface area (Å²) in [7, 11) is 0. The van der Waals surface area contributed by atoms with E-state index < -0.39 is 0 Å². The Labute approximate surface area is 109 Å². The van der Waals surface area contributed by atoms with Crippen molar-refractivity contribution in [1.82, 2.24) is 10.5 Å². The quantitative estimate of drug-likeness (QED) is 0.873. The molecule has 94 valence electrons. The van der Waals surface area contributed by atoms with Gasteiger partial charge in [-0.05, 0) is 25.7 Å². The van der Waals surface area contributed by atoms with E-state index in [4.69, 9.17) is 4.52 Å². The topological polar surface area (TPSA) is 55.1 Å². The zero-order valence-electron chi connectivity index (χ0n) is 9.91. The summed E-state index contributed by atoms with van der Waals surface area (Å²) in [6.45, 7) is 1.78. The van der Waals surface area contributed by atoms with Gasteiger partial charge in [0, 0.05) is 17.4 Å². The van der Waals surface area contributed by atoms with E-state index in [0.29, 0.717) is 17.4 Å². The Morgan fingerprint density at radius 1 is 1.59 bits per heavy atom. The number of rotatable bonds is 3. The second kappa shape index (κ2) is 5.67. The van der Waals surface area contributed by atoms with Gasteiger partial charge in [0.2, 0.25) is 0 Å². The van der Waals surface area contributed by atoms with Crippen molar-refractivity contribution in [2.24, 2.45) is 5.92 Å². The van der Waals surface area contributed by atoms with Crippen LogP contribution in [0.5, 0.6) is 0 Å². The second-order valence-electron chi connectivity index (χ2n) is 4.60. The minimum absolute atomic E-state index is 0.125. The van der Waals surface area contributed by atoms with E-state index >= 15 is 0 Å². The average molecular weight is 301 g/mol. The fourth-order valence-corrected chi connectivity index (χ4v) is 3.07. The van der Waals surface area contributed by atoms with E-state index in [1.807, 2.05) is 0 Å². The number of nitrogens with zero attached hydrogens (tertiary/aromatic N) is 1. The van der Waals surface area contributed by atoms with Gasteiger partial charge in [0.15, 0.2) is 5.69 Å². The SMILES string of the molecule is Cc1cc(C(=O)NC2CCCCC2CBr)no1. The van der Waals surface area contributed by atoms with Crippen molar-refractivity contribution in [3.8, 4) is 0 Å². The molecule has 1 N–H and O–H groups in total. The third-order valence-corrected chi connectivity index (χ3v) is 4.12. The molecule has 0 spiro atoms. The molecule has 1 aliphatic rings. The largest absolute Gasteiger partial charge is 0.361 e. The predicted octanol–water partition coefficient (Wildman–Crippen LogP) is 2.67. The van der Waals surface area contributed by atoms with Gasteiger partial charge in [-0.1, -0.05) is 33.9 Å². The Morgan fingerprint density at radius 2 is 2.35 bits per heavy atom. The van der Waals surface area contributed by atoms with Crippen molar-refractivity contribution in [1.29, 1.82) is 0 Å². The number of hydrogen-bond acceptors (Lipinski definition) is 3. The van der Waals surface area contributed by atoms with Gasteiger partial charge in [-0.25, -0.2) is 0 Å². The van der Waals surface area contributed by atoms with Crippen LogP contribution in [0.3, 0.4) is 0 Å². The van der Waals surface area contributed by atoms with Crippen LogP contribution in [0.2, 0.25) is 0 Å². The molecule has 1 fully saturated rings. The highest BCUT2D eigenvalue weighted by Gasteiger charge is 2.26. The normalized spacial score (nSPS) is 24.6. The van der Waals surface area contributed by atoms with Gasteiger partial charge < -0.3 is 9.84 Å². The van der Waals surface area contributed by atoms with Crippen LogP contribution < -0.4 is 5.32 Å². The fourth-order valence-electron chi connectivity index (χ4n) is 2.30. The van der Waals surface area contributed by atoms with Gasteiger partial charge in [-0.3, -0.25) is 4.79 Å². The Bertz CT molecular complexity index is 392. The third-order valence-electron chi connectivity index (χ3n) is 3.28. The van der Waals surface area contributed by atoms with Crippen LogP contribution in [-0.2, 0) is 0 Å². The standard InChI is InChI=1S/C12H17BrN2O2/c1-8-6-11(15-17-8)12(16)14-10-5-3-2-4-9(10)7-13/h6,9-10H,2-5,7H2,1H3,(H,14,16). The highest BCUT2D eigenvalue weighted by atomic mass is 79.9. The third kappa shape index (κ3) is 3.09. The molecule has 1 aliphatic carbocycles. The van der Waals surface area contributed by atoms with Crippen molar-refractivity contribution in [2.45, 2.75) is 38.6 Å². The molecular formula is C12H17BrN2O2. The molecule has 1 amide bonds. The second-order valence-corrected chi connectivity index (χ2v) is 5.25. The molecule has 1 aromatic rings. The predicted molar refractivity (Wildman–Crippen MR) is 68.2 cm³/mol. The highest BCUT2D eigenvalue weighted by Crippen LogP contribution is 2.26.